The van der Waals surface area contributed by atoms with E-state index in [4.69, 9.17) is 4.74 Å². The van der Waals surface area contributed by atoms with Crippen LogP contribution in [-0.4, -0.2) is 45.9 Å². The minimum absolute atomic E-state index is 0.124. The molecule has 7 heteroatoms. The number of carbonyl (C=O) groups is 1. The molecule has 2 atom stereocenters. The number of anilines is 1. The van der Waals surface area contributed by atoms with Crippen LogP contribution in [0.4, 0.5) is 10.7 Å². The highest BCUT2D eigenvalue weighted by molar-refractivity contribution is 5.87. The van der Waals surface area contributed by atoms with Crippen molar-refractivity contribution < 1.29 is 9.53 Å². The molecule has 134 valence electrons. The largest absolute Gasteiger partial charge is 0.497 e. The predicted molar refractivity (Wildman–Crippen MR) is 95.7 cm³/mol. The number of urea groups is 1. The van der Waals surface area contributed by atoms with Gasteiger partial charge in [-0.1, -0.05) is 26.0 Å². The van der Waals surface area contributed by atoms with Gasteiger partial charge in [0.2, 0.25) is 5.95 Å². The molecule has 1 aromatic heterocycles. The molecule has 2 heterocycles. The number of hydrogen-bond acceptors (Lipinski definition) is 4. The molecule has 1 aromatic carbocycles. The molecule has 2 aromatic rings. The van der Waals surface area contributed by atoms with E-state index < -0.39 is 0 Å². The summed E-state index contributed by atoms with van der Waals surface area (Å²) >= 11 is 0. The smallest absolute Gasteiger partial charge is 0.324 e. The predicted octanol–water partition coefficient (Wildman–Crippen LogP) is 2.84. The minimum Gasteiger partial charge on any atom is -0.497 e. The number of methoxy groups -OCH3 is 1. The van der Waals surface area contributed by atoms with E-state index in [1.54, 1.807) is 18.1 Å². The van der Waals surface area contributed by atoms with Gasteiger partial charge in [0.25, 0.3) is 0 Å². The van der Waals surface area contributed by atoms with E-state index in [0.29, 0.717) is 24.3 Å². The summed E-state index contributed by atoms with van der Waals surface area (Å²) in [5.41, 5.74) is 1.09. The monoisotopic (exact) mass is 343 g/mol. The molecule has 1 aliphatic heterocycles. The second kappa shape index (κ2) is 7.55. The normalized spacial score (nSPS) is 20.4. The Morgan fingerprint density at radius 1 is 1.28 bits per heavy atom. The average molecular weight is 343 g/mol. The van der Waals surface area contributed by atoms with Gasteiger partial charge in [-0.2, -0.15) is 0 Å². The third-order valence-corrected chi connectivity index (χ3v) is 4.88. The Kier molecular flexibility index (Phi) is 5.21. The lowest BCUT2D eigenvalue weighted by atomic mass is 9.89. The van der Waals surface area contributed by atoms with Crippen molar-refractivity contribution in [1.29, 1.82) is 0 Å². The molecule has 0 radical (unpaired) electrons. The summed E-state index contributed by atoms with van der Waals surface area (Å²) in [7, 11) is 1.64. The summed E-state index contributed by atoms with van der Waals surface area (Å²) in [6.07, 6.45) is 2.66. The van der Waals surface area contributed by atoms with Crippen LogP contribution in [0.3, 0.4) is 0 Å². The molecule has 3 rings (SSSR count). The van der Waals surface area contributed by atoms with E-state index in [2.05, 4.69) is 29.2 Å². The summed E-state index contributed by atoms with van der Waals surface area (Å²) < 4.78 is 6.86. The second-order valence-corrected chi connectivity index (χ2v) is 6.73. The molecule has 1 saturated heterocycles. The highest BCUT2D eigenvalue weighted by atomic mass is 16.5. The van der Waals surface area contributed by atoms with Crippen molar-refractivity contribution in [3.63, 3.8) is 0 Å². The fourth-order valence-corrected chi connectivity index (χ4v) is 2.97. The highest BCUT2D eigenvalue weighted by Crippen LogP contribution is 2.22. The maximum atomic E-state index is 12.4. The SMILES string of the molecule is COc1ccc(Cn2cnc(NC(=O)N3CC[C@H](C)[C@@H](C)C3)n2)cc1. The third kappa shape index (κ3) is 4.29. The first-order chi connectivity index (χ1) is 12.0. The maximum Gasteiger partial charge on any atom is 0.324 e. The Balaban J connectivity index is 1.56. The maximum absolute atomic E-state index is 12.4. The van der Waals surface area contributed by atoms with Gasteiger partial charge in [0.15, 0.2) is 0 Å². The van der Waals surface area contributed by atoms with E-state index in [9.17, 15) is 4.79 Å². The Bertz CT molecular complexity index is 713. The number of likely N-dealkylation sites (tertiary alicyclic amines) is 1. The molecule has 0 unspecified atom stereocenters. The summed E-state index contributed by atoms with van der Waals surface area (Å²) in [6.45, 7) is 6.57. The Hall–Kier alpha value is -2.57. The highest BCUT2D eigenvalue weighted by Gasteiger charge is 2.26. The second-order valence-electron chi connectivity index (χ2n) is 6.73. The van der Waals surface area contributed by atoms with Gasteiger partial charge < -0.3 is 9.64 Å². The van der Waals surface area contributed by atoms with Gasteiger partial charge in [0.1, 0.15) is 12.1 Å². The van der Waals surface area contributed by atoms with Crippen LogP contribution in [0.25, 0.3) is 0 Å². The van der Waals surface area contributed by atoms with Gasteiger partial charge in [-0.05, 0) is 36.0 Å². The zero-order valence-corrected chi connectivity index (χ0v) is 15.0. The summed E-state index contributed by atoms with van der Waals surface area (Å²) in [4.78, 5) is 18.4. The molecule has 0 bridgehead atoms. The van der Waals surface area contributed by atoms with Crippen molar-refractivity contribution in [1.82, 2.24) is 19.7 Å². The number of nitrogens with zero attached hydrogens (tertiary/aromatic N) is 4. The van der Waals surface area contributed by atoms with Crippen molar-refractivity contribution in [3.8, 4) is 5.75 Å². The van der Waals surface area contributed by atoms with E-state index in [-0.39, 0.29) is 6.03 Å². The van der Waals surface area contributed by atoms with Gasteiger partial charge in [-0.15, -0.1) is 5.10 Å². The molecule has 1 aliphatic rings. The third-order valence-electron chi connectivity index (χ3n) is 4.88. The molecule has 0 aliphatic carbocycles. The standard InChI is InChI=1S/C18H25N5O2/c1-13-8-9-22(10-14(13)2)18(24)20-17-19-12-23(21-17)11-15-4-6-16(25-3)7-5-15/h4-7,12-14H,8-11H2,1-3H3,(H,20,21,24)/t13-,14-/m0/s1. The van der Waals surface area contributed by atoms with Crippen LogP contribution in [0.1, 0.15) is 25.8 Å². The molecular formula is C18H25N5O2. The zero-order valence-electron chi connectivity index (χ0n) is 15.0. The molecule has 7 nitrogen and oxygen atoms in total. The molecule has 1 fully saturated rings. The van der Waals surface area contributed by atoms with E-state index in [1.165, 1.54) is 0 Å². The van der Waals surface area contributed by atoms with Crippen molar-refractivity contribution in [3.05, 3.63) is 36.2 Å². The number of hydrogen-bond donors (Lipinski definition) is 1. The van der Waals surface area contributed by atoms with E-state index >= 15 is 0 Å². The van der Waals surface area contributed by atoms with Crippen LogP contribution in [0.15, 0.2) is 30.6 Å². The number of carbonyl (C=O) groups excluding carboxylic acids is 1. The van der Waals surface area contributed by atoms with Gasteiger partial charge in [0.05, 0.1) is 13.7 Å². The lowest BCUT2D eigenvalue weighted by Gasteiger charge is -2.34. The number of rotatable bonds is 4. The van der Waals surface area contributed by atoms with E-state index in [0.717, 1.165) is 30.8 Å². The molecular weight excluding hydrogens is 318 g/mol. The van der Waals surface area contributed by atoms with E-state index in [1.807, 2.05) is 29.2 Å². The van der Waals surface area contributed by atoms with Crippen LogP contribution >= 0.6 is 0 Å². The number of piperidine rings is 1. The van der Waals surface area contributed by atoms with Crippen LogP contribution in [0.5, 0.6) is 5.75 Å². The first kappa shape index (κ1) is 17.3. The Labute approximate surface area is 148 Å². The quantitative estimate of drug-likeness (QED) is 0.926. The summed E-state index contributed by atoms with van der Waals surface area (Å²) in [6, 6.07) is 7.66. The fourth-order valence-electron chi connectivity index (χ4n) is 2.97. The van der Waals surface area contributed by atoms with Crippen LogP contribution < -0.4 is 10.1 Å². The van der Waals surface area contributed by atoms with Crippen molar-refractivity contribution >= 4 is 12.0 Å². The number of aromatic nitrogens is 3. The Morgan fingerprint density at radius 3 is 2.72 bits per heavy atom. The molecule has 2 amide bonds. The van der Waals surface area contributed by atoms with Gasteiger partial charge >= 0.3 is 6.03 Å². The first-order valence-electron chi connectivity index (χ1n) is 8.63. The summed E-state index contributed by atoms with van der Waals surface area (Å²) in [5.74, 6) is 2.33. The lowest BCUT2D eigenvalue weighted by molar-refractivity contribution is 0.154. The number of ether oxygens (including phenoxy) is 1. The van der Waals surface area contributed by atoms with Gasteiger partial charge in [0, 0.05) is 13.1 Å². The lowest BCUT2D eigenvalue weighted by Crippen LogP contribution is -2.44. The molecule has 1 N–H and O–H groups in total. The molecule has 0 saturated carbocycles. The molecule has 0 spiro atoms. The van der Waals surface area contributed by atoms with Crippen molar-refractivity contribution in [2.24, 2.45) is 11.8 Å². The van der Waals surface area contributed by atoms with Crippen LogP contribution in [0, 0.1) is 11.8 Å². The minimum atomic E-state index is -0.124. The topological polar surface area (TPSA) is 72.3 Å². The number of nitrogens with one attached hydrogen (secondary N) is 1. The average Bonchev–Trinajstić information content (AvgIpc) is 3.04. The van der Waals surface area contributed by atoms with Gasteiger partial charge in [-0.3, -0.25) is 5.32 Å². The van der Waals surface area contributed by atoms with Crippen molar-refractivity contribution in [2.45, 2.75) is 26.8 Å². The van der Waals surface area contributed by atoms with Gasteiger partial charge in [-0.25, -0.2) is 14.5 Å². The number of benzene rings is 1. The van der Waals surface area contributed by atoms with Crippen LogP contribution in [-0.2, 0) is 6.54 Å². The number of amides is 2. The van der Waals surface area contributed by atoms with Crippen LogP contribution in [0.2, 0.25) is 0 Å². The van der Waals surface area contributed by atoms with Crippen molar-refractivity contribution in [2.75, 3.05) is 25.5 Å². The summed E-state index contributed by atoms with van der Waals surface area (Å²) in [5, 5.41) is 7.13. The zero-order chi connectivity index (χ0) is 17.8. The first-order valence-corrected chi connectivity index (χ1v) is 8.63. The fraction of sp³-hybridized carbons (Fsp3) is 0.500. The molecule has 25 heavy (non-hydrogen) atoms. The Morgan fingerprint density at radius 2 is 2.04 bits per heavy atom.